The lowest BCUT2D eigenvalue weighted by Gasteiger charge is -2.11. The number of thioether (sulfide) groups is 1. The molecule has 0 bridgehead atoms. The number of rotatable bonds is 5. The first-order valence-corrected chi connectivity index (χ1v) is 10.5. The minimum absolute atomic E-state index is 0.0258. The van der Waals surface area contributed by atoms with Crippen molar-refractivity contribution in [2.24, 2.45) is 0 Å². The number of hydrogen-bond donors (Lipinski definition) is 1. The fraction of sp³-hybridized carbons (Fsp3) is 0.400. The average Bonchev–Trinajstić information content (AvgIpc) is 3.02. The molecule has 3 rings (SSSR count). The van der Waals surface area contributed by atoms with Crippen molar-refractivity contribution in [3.63, 3.8) is 0 Å². The number of H-pyrrole nitrogens is 1. The van der Waals surface area contributed by atoms with Crippen molar-refractivity contribution < 1.29 is 9.59 Å². The smallest absolute Gasteiger partial charge is 0.192 e. The van der Waals surface area contributed by atoms with Crippen molar-refractivity contribution in [1.29, 1.82) is 0 Å². The van der Waals surface area contributed by atoms with Crippen molar-refractivity contribution in [2.45, 2.75) is 58.7 Å². The van der Waals surface area contributed by atoms with E-state index in [1.54, 1.807) is 11.3 Å². The van der Waals surface area contributed by atoms with Crippen LogP contribution in [0.4, 0.5) is 0 Å². The minimum atomic E-state index is -0.335. The van der Waals surface area contributed by atoms with E-state index in [1.165, 1.54) is 29.1 Å². The zero-order valence-corrected chi connectivity index (χ0v) is 18.2. The molecule has 1 atom stereocenters. The number of aromatic nitrogens is 3. The second kappa shape index (κ2) is 7.20. The van der Waals surface area contributed by atoms with Gasteiger partial charge in [-0.05, 0) is 59.6 Å². The highest BCUT2D eigenvalue weighted by molar-refractivity contribution is 8.00. The number of aromatic amines is 1. The quantitative estimate of drug-likeness (QED) is 0.364. The van der Waals surface area contributed by atoms with Gasteiger partial charge in [-0.25, -0.2) is 9.97 Å². The van der Waals surface area contributed by atoms with E-state index >= 15 is 0 Å². The van der Waals surface area contributed by atoms with Crippen molar-refractivity contribution in [1.82, 2.24) is 15.0 Å². The van der Waals surface area contributed by atoms with Crippen LogP contribution >= 0.6 is 23.1 Å². The Hall–Kier alpha value is -1.99. The van der Waals surface area contributed by atoms with Crippen LogP contribution in [0.15, 0.2) is 5.03 Å². The third-order valence-corrected chi connectivity index (χ3v) is 6.99. The lowest BCUT2D eigenvalue weighted by molar-refractivity contribution is 0.0988. The summed E-state index contributed by atoms with van der Waals surface area (Å²) in [6.07, 6.45) is 0. The van der Waals surface area contributed by atoms with Crippen LogP contribution in [-0.4, -0.2) is 31.8 Å². The molecular weight excluding hydrogens is 378 g/mol. The molecule has 0 aliphatic rings. The van der Waals surface area contributed by atoms with Crippen molar-refractivity contribution in [3.05, 3.63) is 38.8 Å². The number of fused-ring (bicyclic) bond motifs is 1. The average molecular weight is 402 g/mol. The van der Waals surface area contributed by atoms with Crippen molar-refractivity contribution >= 4 is 44.9 Å². The molecule has 7 heteroatoms. The van der Waals surface area contributed by atoms with E-state index in [4.69, 9.17) is 0 Å². The normalized spacial score (nSPS) is 12.6. The Labute approximate surface area is 167 Å². The molecule has 3 heterocycles. The molecule has 0 saturated carbocycles. The topological polar surface area (TPSA) is 75.7 Å². The molecule has 0 fully saturated rings. The molecule has 0 aromatic carbocycles. The lowest BCUT2D eigenvalue weighted by atomic mass is 10.0. The maximum atomic E-state index is 13.1. The number of carbonyl (C=O) groups excluding carboxylic acids is 2. The lowest BCUT2D eigenvalue weighted by Crippen LogP contribution is -2.16. The molecule has 3 aromatic rings. The largest absolute Gasteiger partial charge is 0.355 e. The Morgan fingerprint density at radius 2 is 1.74 bits per heavy atom. The summed E-state index contributed by atoms with van der Waals surface area (Å²) in [5.74, 6) is 0.650. The highest BCUT2D eigenvalue weighted by Gasteiger charge is 2.26. The molecule has 0 aliphatic heterocycles. The zero-order valence-electron chi connectivity index (χ0n) is 16.6. The van der Waals surface area contributed by atoms with E-state index in [2.05, 4.69) is 28.8 Å². The number of thiophene rings is 1. The Morgan fingerprint density at radius 1 is 1.07 bits per heavy atom. The van der Waals surface area contributed by atoms with Gasteiger partial charge in [-0.15, -0.1) is 11.3 Å². The van der Waals surface area contributed by atoms with Gasteiger partial charge in [0.25, 0.3) is 0 Å². The monoisotopic (exact) mass is 401 g/mol. The fourth-order valence-electron chi connectivity index (χ4n) is 3.35. The van der Waals surface area contributed by atoms with E-state index in [-0.39, 0.29) is 16.8 Å². The summed E-state index contributed by atoms with van der Waals surface area (Å²) in [7, 11) is 0. The van der Waals surface area contributed by atoms with Crippen LogP contribution in [0.3, 0.4) is 0 Å². The number of carbonyl (C=O) groups is 2. The minimum Gasteiger partial charge on any atom is -0.355 e. The molecule has 142 valence electrons. The zero-order chi connectivity index (χ0) is 20.0. The number of nitrogens with one attached hydrogen (secondary N) is 1. The highest BCUT2D eigenvalue weighted by atomic mass is 32.2. The summed E-state index contributed by atoms with van der Waals surface area (Å²) in [6, 6.07) is 0. The Balaban J connectivity index is 1.98. The van der Waals surface area contributed by atoms with Crippen LogP contribution in [0.2, 0.25) is 0 Å². The van der Waals surface area contributed by atoms with E-state index in [0.29, 0.717) is 17.1 Å². The molecule has 5 nitrogen and oxygen atoms in total. The van der Waals surface area contributed by atoms with Gasteiger partial charge in [0, 0.05) is 21.5 Å². The van der Waals surface area contributed by atoms with E-state index in [1.807, 2.05) is 27.7 Å². The molecule has 3 aromatic heterocycles. The van der Waals surface area contributed by atoms with Gasteiger partial charge < -0.3 is 4.98 Å². The maximum absolute atomic E-state index is 13.1. The molecule has 0 saturated heterocycles. The first-order valence-electron chi connectivity index (χ1n) is 8.77. The van der Waals surface area contributed by atoms with Gasteiger partial charge in [-0.2, -0.15) is 0 Å². The van der Waals surface area contributed by atoms with Gasteiger partial charge in [-0.1, -0.05) is 11.8 Å². The molecule has 0 unspecified atom stereocenters. The van der Waals surface area contributed by atoms with Crippen LogP contribution in [0, 0.1) is 34.6 Å². The van der Waals surface area contributed by atoms with Crippen LogP contribution in [0.5, 0.6) is 0 Å². The summed E-state index contributed by atoms with van der Waals surface area (Å²) in [5, 5.41) is 1.54. The van der Waals surface area contributed by atoms with E-state index in [9.17, 15) is 9.59 Å². The fourth-order valence-corrected chi connectivity index (χ4v) is 5.60. The molecule has 0 aliphatic carbocycles. The summed E-state index contributed by atoms with van der Waals surface area (Å²) in [4.78, 5) is 39.4. The second-order valence-electron chi connectivity index (χ2n) is 6.84. The number of aryl methyl sites for hydroxylation is 4. The maximum Gasteiger partial charge on any atom is 0.192 e. The first kappa shape index (κ1) is 19.8. The highest BCUT2D eigenvalue weighted by Crippen LogP contribution is 2.37. The summed E-state index contributed by atoms with van der Waals surface area (Å²) in [6.45, 7) is 13.1. The summed E-state index contributed by atoms with van der Waals surface area (Å²) in [5.41, 5.74) is 3.76. The second-order valence-corrected chi connectivity index (χ2v) is 9.38. The molecule has 1 N–H and O–H groups in total. The van der Waals surface area contributed by atoms with E-state index < -0.39 is 0 Å². The molecule has 0 amide bonds. The predicted molar refractivity (Wildman–Crippen MR) is 112 cm³/mol. The Kier molecular flexibility index (Phi) is 5.27. The van der Waals surface area contributed by atoms with Gasteiger partial charge in [-0.3, -0.25) is 9.59 Å². The van der Waals surface area contributed by atoms with E-state index in [0.717, 1.165) is 26.5 Å². The van der Waals surface area contributed by atoms with Crippen LogP contribution < -0.4 is 0 Å². The predicted octanol–water partition coefficient (Wildman–Crippen LogP) is 5.13. The molecule has 0 spiro atoms. The summed E-state index contributed by atoms with van der Waals surface area (Å²) < 4.78 is 0. The Bertz CT molecular complexity index is 1080. The van der Waals surface area contributed by atoms with Crippen LogP contribution in [-0.2, 0) is 0 Å². The van der Waals surface area contributed by atoms with Crippen LogP contribution in [0.25, 0.3) is 10.2 Å². The van der Waals surface area contributed by atoms with Crippen molar-refractivity contribution in [3.8, 4) is 0 Å². The SMILES string of the molecule is CC(=O)c1c(C)[nH]c(C(=O)[C@@H](C)Sc2nc(C)nc3sc(C)c(C)c23)c1C. The first-order chi connectivity index (χ1) is 12.6. The number of Topliss-reactive ketones (excluding diaryl/α,β-unsaturated/α-hetero) is 2. The van der Waals surface area contributed by atoms with Gasteiger partial charge >= 0.3 is 0 Å². The van der Waals surface area contributed by atoms with Gasteiger partial charge in [0.1, 0.15) is 15.7 Å². The van der Waals surface area contributed by atoms with Crippen molar-refractivity contribution in [2.75, 3.05) is 0 Å². The number of nitrogens with zero attached hydrogens (tertiary/aromatic N) is 2. The van der Waals surface area contributed by atoms with Gasteiger partial charge in [0.15, 0.2) is 11.6 Å². The molecule has 0 radical (unpaired) electrons. The molecule has 27 heavy (non-hydrogen) atoms. The third-order valence-electron chi connectivity index (χ3n) is 4.80. The Morgan fingerprint density at radius 3 is 2.33 bits per heavy atom. The standard InChI is InChI=1S/C20H23N3O2S2/c1-8-12(5)26-19-16(8)20(23-14(7)22-19)27-13(6)18(25)17-9(2)15(11(4)24)10(3)21-17/h13,21H,1-7H3/t13-/m1/s1. The summed E-state index contributed by atoms with van der Waals surface area (Å²) >= 11 is 3.11. The van der Waals surface area contributed by atoms with Gasteiger partial charge in [0.05, 0.1) is 10.9 Å². The number of hydrogen-bond acceptors (Lipinski definition) is 6. The molecular formula is C20H23N3O2S2. The van der Waals surface area contributed by atoms with Crippen LogP contribution in [0.1, 0.15) is 62.2 Å². The third kappa shape index (κ3) is 3.46. The van der Waals surface area contributed by atoms with Gasteiger partial charge in [0.2, 0.25) is 0 Å². The number of ketones is 2.